The summed E-state index contributed by atoms with van der Waals surface area (Å²) in [6.45, 7) is 7.98. The summed E-state index contributed by atoms with van der Waals surface area (Å²) in [7, 11) is 0. The second-order valence-electron chi connectivity index (χ2n) is 7.07. The number of aryl methyl sites for hydroxylation is 1. The molecule has 0 fully saturated rings. The van der Waals surface area contributed by atoms with Crippen LogP contribution in [0.3, 0.4) is 0 Å². The predicted octanol–water partition coefficient (Wildman–Crippen LogP) is 4.77. The molecule has 1 aliphatic carbocycles. The lowest BCUT2D eigenvalue weighted by Crippen LogP contribution is -2.43. The van der Waals surface area contributed by atoms with E-state index >= 15 is 0 Å². The van der Waals surface area contributed by atoms with Crippen molar-refractivity contribution in [2.75, 3.05) is 0 Å². The molecule has 0 aromatic heterocycles. The average Bonchev–Trinajstić information content (AvgIpc) is 2.47. The van der Waals surface area contributed by atoms with Crippen molar-refractivity contribution < 1.29 is 10.2 Å². The van der Waals surface area contributed by atoms with Gasteiger partial charge in [-0.3, -0.25) is 0 Å². The largest absolute Gasteiger partial charge is 0.362 e. The maximum atomic E-state index is 10.1. The van der Waals surface area contributed by atoms with Crippen LogP contribution in [0.5, 0.6) is 0 Å². The zero-order chi connectivity index (χ0) is 17.1. The van der Waals surface area contributed by atoms with Crippen LogP contribution in [0.15, 0.2) is 54.1 Å². The van der Waals surface area contributed by atoms with Gasteiger partial charge in [0.2, 0.25) is 0 Å². The first-order valence-electron chi connectivity index (χ1n) is 8.39. The van der Waals surface area contributed by atoms with Gasteiger partial charge in [-0.15, -0.1) is 0 Å². The highest BCUT2D eigenvalue weighted by molar-refractivity contribution is 5.70. The second-order valence-corrected chi connectivity index (χ2v) is 7.07. The minimum Gasteiger partial charge on any atom is -0.362 e. The molecule has 0 aliphatic heterocycles. The van der Waals surface area contributed by atoms with Crippen molar-refractivity contribution >= 4 is 5.57 Å². The Balaban J connectivity index is 2.38. The highest BCUT2D eigenvalue weighted by atomic mass is 16.5. The Labute approximate surface area is 139 Å². The molecule has 1 aliphatic rings. The lowest BCUT2D eigenvalue weighted by atomic mass is 9.77. The zero-order valence-corrected chi connectivity index (χ0v) is 14.6. The van der Waals surface area contributed by atoms with E-state index in [-0.39, 0.29) is 0 Å². The molecule has 0 saturated heterocycles. The Bertz CT molecular complexity index is 646. The first-order chi connectivity index (χ1) is 10.7. The molecule has 0 saturated carbocycles. The number of allylic oxidation sites excluding steroid dienone is 4. The molecule has 1 aromatic rings. The lowest BCUT2D eigenvalue weighted by Gasteiger charge is -2.36. The molecular formula is C21H28O2. The number of hydrogen-bond donors (Lipinski definition) is 2. The van der Waals surface area contributed by atoms with Gasteiger partial charge in [0.25, 0.3) is 0 Å². The molecule has 23 heavy (non-hydrogen) atoms. The maximum Gasteiger partial charge on any atom is 0.191 e. The number of benzene rings is 1. The average molecular weight is 312 g/mol. The summed E-state index contributed by atoms with van der Waals surface area (Å²) in [5, 5.41) is 20.1. The SMILES string of the molecule is CCCCC(=CC1=CC(C)(C)C(O)(O)C=C1)c1cccc(C)c1. The second kappa shape index (κ2) is 6.86. The van der Waals surface area contributed by atoms with Crippen molar-refractivity contribution in [3.05, 3.63) is 65.3 Å². The molecule has 0 unspecified atom stereocenters. The van der Waals surface area contributed by atoms with Gasteiger partial charge >= 0.3 is 0 Å². The number of aliphatic hydroxyl groups is 2. The number of rotatable bonds is 5. The van der Waals surface area contributed by atoms with E-state index in [2.05, 4.69) is 44.2 Å². The summed E-state index contributed by atoms with van der Waals surface area (Å²) >= 11 is 0. The molecule has 0 spiro atoms. The van der Waals surface area contributed by atoms with Gasteiger partial charge in [0.1, 0.15) is 0 Å². The van der Waals surface area contributed by atoms with Crippen LogP contribution in [-0.2, 0) is 0 Å². The van der Waals surface area contributed by atoms with Gasteiger partial charge in [-0.25, -0.2) is 0 Å². The van der Waals surface area contributed by atoms with Gasteiger partial charge in [0.15, 0.2) is 5.79 Å². The molecule has 2 heteroatoms. The Morgan fingerprint density at radius 2 is 1.96 bits per heavy atom. The maximum absolute atomic E-state index is 10.1. The van der Waals surface area contributed by atoms with Crippen LogP contribution in [-0.4, -0.2) is 16.0 Å². The fraction of sp³-hybridized carbons (Fsp3) is 0.429. The van der Waals surface area contributed by atoms with Gasteiger partial charge in [0, 0.05) is 5.41 Å². The van der Waals surface area contributed by atoms with Crippen LogP contribution in [0.25, 0.3) is 5.57 Å². The monoisotopic (exact) mass is 312 g/mol. The van der Waals surface area contributed by atoms with Gasteiger partial charge in [-0.2, -0.15) is 0 Å². The van der Waals surface area contributed by atoms with Crippen LogP contribution in [0, 0.1) is 12.3 Å². The third-order valence-corrected chi connectivity index (χ3v) is 4.51. The van der Waals surface area contributed by atoms with Crippen LogP contribution in [0.2, 0.25) is 0 Å². The Kier molecular flexibility index (Phi) is 5.28. The minimum atomic E-state index is -1.79. The third-order valence-electron chi connectivity index (χ3n) is 4.51. The quantitative estimate of drug-likeness (QED) is 0.769. The van der Waals surface area contributed by atoms with Gasteiger partial charge in [-0.1, -0.05) is 75.2 Å². The molecule has 0 atom stereocenters. The van der Waals surface area contributed by atoms with E-state index in [1.165, 1.54) is 22.8 Å². The molecule has 2 nitrogen and oxygen atoms in total. The van der Waals surface area contributed by atoms with E-state index in [9.17, 15) is 10.2 Å². The third kappa shape index (κ3) is 4.21. The van der Waals surface area contributed by atoms with Crippen molar-refractivity contribution in [2.24, 2.45) is 5.41 Å². The van der Waals surface area contributed by atoms with E-state index < -0.39 is 11.2 Å². The van der Waals surface area contributed by atoms with E-state index in [1.54, 1.807) is 6.08 Å². The molecular weight excluding hydrogens is 284 g/mol. The number of hydrogen-bond acceptors (Lipinski definition) is 2. The van der Waals surface area contributed by atoms with Crippen LogP contribution in [0.4, 0.5) is 0 Å². The molecule has 0 amide bonds. The Hall–Kier alpha value is -1.64. The summed E-state index contributed by atoms with van der Waals surface area (Å²) in [5.41, 5.74) is 4.11. The fourth-order valence-electron chi connectivity index (χ4n) is 2.80. The molecule has 0 bridgehead atoms. The fourth-order valence-corrected chi connectivity index (χ4v) is 2.80. The Morgan fingerprint density at radius 3 is 2.57 bits per heavy atom. The first-order valence-corrected chi connectivity index (χ1v) is 8.39. The van der Waals surface area contributed by atoms with Gasteiger partial charge in [0.05, 0.1) is 0 Å². The van der Waals surface area contributed by atoms with Crippen molar-refractivity contribution in [2.45, 2.75) is 52.7 Å². The van der Waals surface area contributed by atoms with E-state index in [4.69, 9.17) is 0 Å². The van der Waals surface area contributed by atoms with E-state index in [0.717, 1.165) is 24.8 Å². The summed E-state index contributed by atoms with van der Waals surface area (Å²) < 4.78 is 0. The summed E-state index contributed by atoms with van der Waals surface area (Å²) in [4.78, 5) is 0. The summed E-state index contributed by atoms with van der Waals surface area (Å²) in [6.07, 6.45) is 10.7. The zero-order valence-electron chi connectivity index (χ0n) is 14.6. The molecule has 2 rings (SSSR count). The van der Waals surface area contributed by atoms with Crippen LogP contribution in [0.1, 0.15) is 51.2 Å². The predicted molar refractivity (Wildman–Crippen MR) is 96.9 cm³/mol. The first kappa shape index (κ1) is 17.7. The number of unbranched alkanes of at least 4 members (excludes halogenated alkanes) is 1. The van der Waals surface area contributed by atoms with E-state index in [1.807, 2.05) is 19.9 Å². The lowest BCUT2D eigenvalue weighted by molar-refractivity contribution is -0.178. The van der Waals surface area contributed by atoms with Crippen LogP contribution >= 0.6 is 0 Å². The molecule has 124 valence electrons. The summed E-state index contributed by atoms with van der Waals surface area (Å²) in [6, 6.07) is 8.55. The Morgan fingerprint density at radius 1 is 1.22 bits per heavy atom. The molecule has 1 aromatic carbocycles. The van der Waals surface area contributed by atoms with Crippen molar-refractivity contribution in [3.63, 3.8) is 0 Å². The highest BCUT2D eigenvalue weighted by Crippen LogP contribution is 2.37. The summed E-state index contributed by atoms with van der Waals surface area (Å²) in [5.74, 6) is -1.79. The van der Waals surface area contributed by atoms with Crippen molar-refractivity contribution in [1.82, 2.24) is 0 Å². The minimum absolute atomic E-state index is 0.712. The van der Waals surface area contributed by atoms with Gasteiger partial charge in [-0.05, 0) is 42.6 Å². The molecule has 0 radical (unpaired) electrons. The van der Waals surface area contributed by atoms with Crippen molar-refractivity contribution in [3.8, 4) is 0 Å². The normalized spacial score (nSPS) is 19.6. The van der Waals surface area contributed by atoms with Crippen molar-refractivity contribution in [1.29, 1.82) is 0 Å². The topological polar surface area (TPSA) is 40.5 Å². The molecule has 2 N–H and O–H groups in total. The highest BCUT2D eigenvalue weighted by Gasteiger charge is 2.39. The smallest absolute Gasteiger partial charge is 0.191 e. The molecule has 0 heterocycles. The van der Waals surface area contributed by atoms with E-state index in [0.29, 0.717) is 0 Å². The standard InChI is InChI=1S/C21H28O2/c1-5-6-9-19(18-10-7-8-16(2)13-18)14-17-11-12-21(22,23)20(3,4)15-17/h7-8,10-15,22-23H,5-6,9H2,1-4H3. The van der Waals surface area contributed by atoms with Gasteiger partial charge < -0.3 is 10.2 Å². The van der Waals surface area contributed by atoms with Crippen LogP contribution < -0.4 is 0 Å².